The van der Waals surface area contributed by atoms with E-state index in [4.69, 9.17) is 4.52 Å². The van der Waals surface area contributed by atoms with E-state index < -0.39 is 11.8 Å². The molecule has 0 atom stereocenters. The van der Waals surface area contributed by atoms with Gasteiger partial charge in [0.1, 0.15) is 11.4 Å². The number of rotatable bonds is 2. The van der Waals surface area contributed by atoms with Crippen molar-refractivity contribution in [1.29, 1.82) is 0 Å². The number of aromatic nitrogens is 2. The number of esters is 1. The Hall–Kier alpha value is -2.24. The van der Waals surface area contributed by atoms with E-state index >= 15 is 0 Å². The molecule has 0 spiro atoms. The van der Waals surface area contributed by atoms with Crippen LogP contribution in [0.5, 0.6) is 0 Å². The van der Waals surface area contributed by atoms with Crippen LogP contribution in [-0.4, -0.2) is 23.2 Å². The summed E-state index contributed by atoms with van der Waals surface area (Å²) in [6, 6.07) is 4.14. The van der Waals surface area contributed by atoms with Crippen molar-refractivity contribution < 1.29 is 18.4 Å². The number of hydrogen-bond donors (Lipinski definition) is 0. The quantitative estimate of drug-likeness (QED) is 0.746. The first kappa shape index (κ1) is 11.3. The molecule has 0 N–H and O–H groups in total. The maximum Gasteiger partial charge on any atom is 0.341 e. The predicted octanol–water partition coefficient (Wildman–Crippen LogP) is 1.97. The number of aryl methyl sites for hydroxylation is 1. The fraction of sp³-hybridized carbons (Fsp3) is 0.182. The maximum atomic E-state index is 13.6. The minimum Gasteiger partial charge on any atom is -0.465 e. The molecule has 5 nitrogen and oxygen atoms in total. The predicted molar refractivity (Wildman–Crippen MR) is 55.8 cm³/mol. The third kappa shape index (κ3) is 2.01. The first-order valence-electron chi connectivity index (χ1n) is 4.81. The van der Waals surface area contributed by atoms with Crippen LogP contribution in [0.4, 0.5) is 4.39 Å². The lowest BCUT2D eigenvalue weighted by atomic mass is 10.1. The molecule has 1 aromatic heterocycles. The summed E-state index contributed by atoms with van der Waals surface area (Å²) in [4.78, 5) is 15.4. The smallest absolute Gasteiger partial charge is 0.341 e. The Bertz CT molecular complexity index is 566. The summed E-state index contributed by atoms with van der Waals surface area (Å²) in [5.41, 5.74) is 0.0103. The summed E-state index contributed by atoms with van der Waals surface area (Å²) in [7, 11) is 1.18. The minimum absolute atomic E-state index is 0.0856. The number of carbonyl (C=O) groups excluding carboxylic acids is 1. The molecule has 1 heterocycles. The van der Waals surface area contributed by atoms with E-state index in [0.717, 1.165) is 0 Å². The van der Waals surface area contributed by atoms with Gasteiger partial charge in [-0.25, -0.2) is 9.18 Å². The number of methoxy groups -OCH3 is 1. The molecule has 0 aliphatic heterocycles. The van der Waals surface area contributed by atoms with Crippen LogP contribution in [0.1, 0.15) is 16.2 Å². The van der Waals surface area contributed by atoms with Crippen LogP contribution in [0.2, 0.25) is 0 Å². The highest BCUT2D eigenvalue weighted by molar-refractivity contribution is 5.96. The van der Waals surface area contributed by atoms with Crippen LogP contribution >= 0.6 is 0 Å². The van der Waals surface area contributed by atoms with Gasteiger partial charge in [0.2, 0.25) is 0 Å². The zero-order valence-corrected chi connectivity index (χ0v) is 9.23. The standard InChI is InChI=1S/C11H9FN2O3/c1-6-13-10(17-14-6)7-4-3-5-8(12)9(7)11(15)16-2/h3-5H,1-2H3. The number of nitrogens with zero attached hydrogens (tertiary/aromatic N) is 2. The van der Waals surface area contributed by atoms with Gasteiger partial charge in [0.25, 0.3) is 5.89 Å². The fourth-order valence-electron chi connectivity index (χ4n) is 1.42. The Kier molecular flexibility index (Phi) is 2.86. The van der Waals surface area contributed by atoms with Gasteiger partial charge in [-0.15, -0.1) is 0 Å². The van der Waals surface area contributed by atoms with Crippen molar-refractivity contribution in [2.75, 3.05) is 7.11 Å². The molecule has 1 aromatic carbocycles. The van der Waals surface area contributed by atoms with Gasteiger partial charge in [-0.1, -0.05) is 11.2 Å². The first-order valence-corrected chi connectivity index (χ1v) is 4.81. The molecule has 0 amide bonds. The van der Waals surface area contributed by atoms with Gasteiger partial charge in [0.05, 0.1) is 12.7 Å². The molecule has 0 fully saturated rings. The van der Waals surface area contributed by atoms with Crippen LogP contribution in [0, 0.1) is 12.7 Å². The Balaban J connectivity index is 2.61. The first-order chi connectivity index (χ1) is 8.13. The van der Waals surface area contributed by atoms with Gasteiger partial charge >= 0.3 is 5.97 Å². The largest absolute Gasteiger partial charge is 0.465 e. The molecule has 2 aromatic rings. The summed E-state index contributed by atoms with van der Waals surface area (Å²) >= 11 is 0. The average molecular weight is 236 g/mol. The Morgan fingerprint density at radius 2 is 2.24 bits per heavy atom. The van der Waals surface area contributed by atoms with Crippen molar-refractivity contribution in [2.45, 2.75) is 6.92 Å². The van der Waals surface area contributed by atoms with E-state index in [1.807, 2.05) is 0 Å². The fourth-order valence-corrected chi connectivity index (χ4v) is 1.42. The topological polar surface area (TPSA) is 65.2 Å². The van der Waals surface area contributed by atoms with Crippen LogP contribution in [0.3, 0.4) is 0 Å². The molecular formula is C11H9FN2O3. The number of hydrogen-bond acceptors (Lipinski definition) is 5. The average Bonchev–Trinajstić information content (AvgIpc) is 2.74. The molecule has 0 radical (unpaired) electrons. The molecule has 88 valence electrons. The SMILES string of the molecule is COC(=O)c1c(F)cccc1-c1nc(C)no1. The van der Waals surface area contributed by atoms with Gasteiger partial charge in [0.15, 0.2) is 5.82 Å². The van der Waals surface area contributed by atoms with E-state index in [-0.39, 0.29) is 17.0 Å². The van der Waals surface area contributed by atoms with Crippen LogP contribution in [0.25, 0.3) is 11.5 Å². The normalized spacial score (nSPS) is 10.3. The summed E-state index contributed by atoms with van der Waals surface area (Å²) in [5.74, 6) is -0.985. The highest BCUT2D eigenvalue weighted by atomic mass is 19.1. The molecule has 0 aliphatic carbocycles. The molecular weight excluding hydrogens is 227 g/mol. The maximum absolute atomic E-state index is 13.6. The van der Waals surface area contributed by atoms with E-state index in [1.165, 1.54) is 25.3 Å². The van der Waals surface area contributed by atoms with Gasteiger partial charge < -0.3 is 9.26 Å². The van der Waals surface area contributed by atoms with Gasteiger partial charge in [0, 0.05) is 0 Å². The van der Waals surface area contributed by atoms with Crippen molar-refractivity contribution in [3.63, 3.8) is 0 Å². The van der Waals surface area contributed by atoms with Crippen molar-refractivity contribution in [3.8, 4) is 11.5 Å². The molecule has 0 aliphatic rings. The Morgan fingerprint density at radius 1 is 1.47 bits per heavy atom. The molecule has 0 saturated heterocycles. The van der Waals surface area contributed by atoms with Crippen LogP contribution < -0.4 is 0 Å². The molecule has 2 rings (SSSR count). The van der Waals surface area contributed by atoms with Crippen molar-refractivity contribution in [2.24, 2.45) is 0 Å². The summed E-state index contributed by atoms with van der Waals surface area (Å²) in [6.07, 6.45) is 0. The number of carbonyl (C=O) groups is 1. The van der Waals surface area contributed by atoms with E-state index in [1.54, 1.807) is 6.92 Å². The molecule has 0 unspecified atom stereocenters. The monoisotopic (exact) mass is 236 g/mol. The minimum atomic E-state index is -0.783. The Labute approximate surface area is 96.2 Å². The third-order valence-corrected chi connectivity index (χ3v) is 2.16. The Morgan fingerprint density at radius 3 is 2.82 bits per heavy atom. The van der Waals surface area contributed by atoms with Crippen LogP contribution in [-0.2, 0) is 4.74 Å². The lowest BCUT2D eigenvalue weighted by Gasteiger charge is -2.04. The van der Waals surface area contributed by atoms with E-state index in [0.29, 0.717) is 5.82 Å². The molecule has 0 saturated carbocycles. The second-order valence-electron chi connectivity index (χ2n) is 3.30. The summed E-state index contributed by atoms with van der Waals surface area (Å²) in [6.45, 7) is 1.63. The van der Waals surface area contributed by atoms with Gasteiger partial charge in [-0.2, -0.15) is 4.98 Å². The van der Waals surface area contributed by atoms with E-state index in [9.17, 15) is 9.18 Å². The summed E-state index contributed by atoms with van der Waals surface area (Å²) < 4.78 is 23.0. The zero-order chi connectivity index (χ0) is 12.4. The highest BCUT2D eigenvalue weighted by Crippen LogP contribution is 2.24. The van der Waals surface area contributed by atoms with Crippen LogP contribution in [0.15, 0.2) is 22.7 Å². The second-order valence-corrected chi connectivity index (χ2v) is 3.30. The van der Waals surface area contributed by atoms with Gasteiger partial charge in [-0.05, 0) is 19.1 Å². The lowest BCUT2D eigenvalue weighted by Crippen LogP contribution is -2.06. The lowest BCUT2D eigenvalue weighted by molar-refractivity contribution is 0.0596. The van der Waals surface area contributed by atoms with Crippen molar-refractivity contribution in [1.82, 2.24) is 10.1 Å². The number of ether oxygens (including phenoxy) is 1. The molecule has 17 heavy (non-hydrogen) atoms. The van der Waals surface area contributed by atoms with Crippen molar-refractivity contribution in [3.05, 3.63) is 35.4 Å². The molecule has 6 heteroatoms. The van der Waals surface area contributed by atoms with E-state index in [2.05, 4.69) is 14.9 Å². The summed E-state index contributed by atoms with van der Waals surface area (Å²) in [5, 5.41) is 3.59. The number of benzene rings is 1. The highest BCUT2D eigenvalue weighted by Gasteiger charge is 2.21. The zero-order valence-electron chi connectivity index (χ0n) is 9.23. The second kappa shape index (κ2) is 4.32. The van der Waals surface area contributed by atoms with Crippen molar-refractivity contribution >= 4 is 5.97 Å². The molecule has 0 bridgehead atoms. The number of halogens is 1. The third-order valence-electron chi connectivity index (χ3n) is 2.16. The van der Waals surface area contributed by atoms with Gasteiger partial charge in [-0.3, -0.25) is 0 Å².